The molecule has 0 unspecified atom stereocenters. The first-order valence-corrected chi connectivity index (χ1v) is 8.62. The minimum absolute atomic E-state index is 0.0790. The molecule has 4 rings (SSSR count). The van der Waals surface area contributed by atoms with Gasteiger partial charge in [0, 0.05) is 16.5 Å². The number of fused-ring (bicyclic) bond motifs is 1. The molecule has 0 saturated heterocycles. The molecule has 1 aliphatic heterocycles. The normalized spacial score (nSPS) is 12.0. The van der Waals surface area contributed by atoms with Crippen LogP contribution in [0.4, 0.5) is 5.00 Å². The lowest BCUT2D eigenvalue weighted by atomic mass is 10.0. The molecule has 0 fully saturated rings. The molecule has 1 aliphatic rings. The zero-order valence-electron chi connectivity index (χ0n) is 13.4. The Morgan fingerprint density at radius 1 is 1.04 bits per heavy atom. The van der Waals surface area contributed by atoms with Gasteiger partial charge in [-0.2, -0.15) is 0 Å². The Bertz CT molecular complexity index is 996. The summed E-state index contributed by atoms with van der Waals surface area (Å²) in [5, 5.41) is 14.3. The minimum Gasteiger partial charge on any atom is -0.478 e. The van der Waals surface area contributed by atoms with Gasteiger partial charge in [0.15, 0.2) is 11.5 Å². The van der Waals surface area contributed by atoms with Crippen molar-refractivity contribution in [3.63, 3.8) is 0 Å². The second-order valence-corrected chi connectivity index (χ2v) is 6.43. The SMILES string of the molecule is O=C(Nc1scc(-c2ccccc2)c1C(=O)O)c1ccc2c(c1)OCO2. The summed E-state index contributed by atoms with van der Waals surface area (Å²) in [5.41, 5.74) is 1.80. The third-order valence-electron chi connectivity index (χ3n) is 3.95. The van der Waals surface area contributed by atoms with Crippen molar-refractivity contribution < 1.29 is 24.2 Å². The van der Waals surface area contributed by atoms with Crippen LogP contribution < -0.4 is 14.8 Å². The van der Waals surface area contributed by atoms with E-state index in [1.165, 1.54) is 11.3 Å². The Morgan fingerprint density at radius 2 is 1.81 bits per heavy atom. The van der Waals surface area contributed by atoms with Crippen LogP contribution in [0.15, 0.2) is 53.9 Å². The number of nitrogens with one attached hydrogen (secondary N) is 1. The zero-order valence-corrected chi connectivity index (χ0v) is 14.2. The van der Waals surface area contributed by atoms with Gasteiger partial charge >= 0.3 is 5.97 Å². The van der Waals surface area contributed by atoms with E-state index in [4.69, 9.17) is 9.47 Å². The summed E-state index contributed by atoms with van der Waals surface area (Å²) in [6, 6.07) is 14.0. The van der Waals surface area contributed by atoms with Crippen LogP contribution in [0, 0.1) is 0 Å². The summed E-state index contributed by atoms with van der Waals surface area (Å²) in [7, 11) is 0. The molecule has 7 heteroatoms. The summed E-state index contributed by atoms with van der Waals surface area (Å²) in [4.78, 5) is 24.3. The van der Waals surface area contributed by atoms with Crippen molar-refractivity contribution in [3.8, 4) is 22.6 Å². The number of carboxylic acid groups (broad SMARTS) is 1. The van der Waals surface area contributed by atoms with Crippen LogP contribution in [-0.4, -0.2) is 23.8 Å². The van der Waals surface area contributed by atoms with Crippen molar-refractivity contribution in [2.24, 2.45) is 0 Å². The van der Waals surface area contributed by atoms with E-state index in [0.29, 0.717) is 27.6 Å². The summed E-state index contributed by atoms with van der Waals surface area (Å²) in [6.07, 6.45) is 0. The fraction of sp³-hybridized carbons (Fsp3) is 0.0526. The highest BCUT2D eigenvalue weighted by atomic mass is 32.1. The van der Waals surface area contributed by atoms with Crippen LogP contribution >= 0.6 is 11.3 Å². The average Bonchev–Trinajstić information content (AvgIpc) is 3.28. The number of carbonyl (C=O) groups is 2. The molecule has 26 heavy (non-hydrogen) atoms. The number of benzene rings is 2. The number of carbonyl (C=O) groups excluding carboxylic acids is 1. The van der Waals surface area contributed by atoms with Gasteiger partial charge < -0.3 is 19.9 Å². The minimum atomic E-state index is -1.09. The zero-order chi connectivity index (χ0) is 18.1. The maximum atomic E-state index is 12.5. The molecule has 0 atom stereocenters. The largest absolute Gasteiger partial charge is 0.478 e. The highest BCUT2D eigenvalue weighted by Crippen LogP contribution is 2.36. The van der Waals surface area contributed by atoms with Gasteiger partial charge in [-0.15, -0.1) is 11.3 Å². The molecule has 2 aromatic carbocycles. The van der Waals surface area contributed by atoms with Gasteiger partial charge in [0.25, 0.3) is 5.91 Å². The Kier molecular flexibility index (Phi) is 4.06. The van der Waals surface area contributed by atoms with E-state index in [2.05, 4.69) is 5.32 Å². The van der Waals surface area contributed by atoms with Crippen molar-refractivity contribution in [2.75, 3.05) is 12.1 Å². The number of hydrogen-bond acceptors (Lipinski definition) is 5. The summed E-state index contributed by atoms with van der Waals surface area (Å²) in [5.74, 6) is -0.430. The van der Waals surface area contributed by atoms with Gasteiger partial charge in [-0.05, 0) is 23.8 Å². The van der Waals surface area contributed by atoms with E-state index >= 15 is 0 Å². The van der Waals surface area contributed by atoms with E-state index in [9.17, 15) is 14.7 Å². The molecule has 2 N–H and O–H groups in total. The Morgan fingerprint density at radius 3 is 2.58 bits per heavy atom. The molecule has 0 saturated carbocycles. The first-order valence-electron chi connectivity index (χ1n) is 7.74. The van der Waals surface area contributed by atoms with E-state index in [1.54, 1.807) is 23.6 Å². The number of rotatable bonds is 4. The molecular formula is C19H13NO5S. The van der Waals surface area contributed by atoms with Crippen LogP contribution in [0.1, 0.15) is 20.7 Å². The number of thiophene rings is 1. The van der Waals surface area contributed by atoms with Crippen LogP contribution in [0.2, 0.25) is 0 Å². The smallest absolute Gasteiger partial charge is 0.339 e. The molecule has 130 valence electrons. The lowest BCUT2D eigenvalue weighted by molar-refractivity contribution is 0.0699. The van der Waals surface area contributed by atoms with Gasteiger partial charge in [-0.3, -0.25) is 4.79 Å². The van der Waals surface area contributed by atoms with E-state index in [-0.39, 0.29) is 12.4 Å². The molecular weight excluding hydrogens is 354 g/mol. The average molecular weight is 367 g/mol. The van der Waals surface area contributed by atoms with Crippen molar-refractivity contribution in [1.82, 2.24) is 0 Å². The molecule has 0 spiro atoms. The van der Waals surface area contributed by atoms with Crippen molar-refractivity contribution in [1.29, 1.82) is 0 Å². The fourth-order valence-electron chi connectivity index (χ4n) is 2.71. The molecule has 1 aromatic heterocycles. The predicted molar refractivity (Wildman–Crippen MR) is 97.2 cm³/mol. The Labute approximate surface area is 152 Å². The number of ether oxygens (including phenoxy) is 2. The van der Waals surface area contributed by atoms with Gasteiger partial charge in [0.1, 0.15) is 10.6 Å². The molecule has 0 radical (unpaired) electrons. The number of carboxylic acids is 1. The number of aromatic carboxylic acids is 1. The van der Waals surface area contributed by atoms with Gasteiger partial charge in [-0.1, -0.05) is 30.3 Å². The van der Waals surface area contributed by atoms with E-state index in [0.717, 1.165) is 5.56 Å². The summed E-state index contributed by atoms with van der Waals surface area (Å²) >= 11 is 1.18. The molecule has 2 heterocycles. The third-order valence-corrected chi connectivity index (χ3v) is 4.85. The maximum absolute atomic E-state index is 12.5. The highest BCUT2D eigenvalue weighted by molar-refractivity contribution is 7.15. The van der Waals surface area contributed by atoms with E-state index < -0.39 is 11.9 Å². The van der Waals surface area contributed by atoms with Gasteiger partial charge in [-0.25, -0.2) is 4.79 Å². The fourth-order valence-corrected chi connectivity index (χ4v) is 3.66. The Balaban J connectivity index is 1.65. The van der Waals surface area contributed by atoms with Crippen molar-refractivity contribution in [2.45, 2.75) is 0 Å². The second-order valence-electron chi connectivity index (χ2n) is 5.55. The first-order chi connectivity index (χ1) is 12.6. The van der Waals surface area contributed by atoms with Crippen molar-refractivity contribution >= 4 is 28.2 Å². The first kappa shape index (κ1) is 16.2. The number of hydrogen-bond donors (Lipinski definition) is 2. The molecule has 0 bridgehead atoms. The topological polar surface area (TPSA) is 84.9 Å². The standard InChI is InChI=1S/C19H13NO5S/c21-17(12-6-7-14-15(8-12)25-10-24-14)20-18-16(19(22)23)13(9-26-18)11-4-2-1-3-5-11/h1-9H,10H2,(H,20,21)(H,22,23). The predicted octanol–water partition coefficient (Wildman–Crippen LogP) is 4.09. The molecule has 0 aliphatic carbocycles. The van der Waals surface area contributed by atoms with Crippen LogP contribution in [0.5, 0.6) is 11.5 Å². The Hall–Kier alpha value is -3.32. The number of amides is 1. The summed E-state index contributed by atoms with van der Waals surface area (Å²) in [6.45, 7) is 0.120. The second kappa shape index (κ2) is 6.53. The van der Waals surface area contributed by atoms with E-state index in [1.807, 2.05) is 30.3 Å². The van der Waals surface area contributed by atoms with Crippen LogP contribution in [-0.2, 0) is 0 Å². The quantitative estimate of drug-likeness (QED) is 0.725. The van der Waals surface area contributed by atoms with Gasteiger partial charge in [0.05, 0.1) is 0 Å². The lowest BCUT2D eigenvalue weighted by Crippen LogP contribution is -2.13. The van der Waals surface area contributed by atoms with Crippen LogP contribution in [0.3, 0.4) is 0 Å². The molecule has 6 nitrogen and oxygen atoms in total. The lowest BCUT2D eigenvalue weighted by Gasteiger charge is -2.07. The van der Waals surface area contributed by atoms with Gasteiger partial charge in [0.2, 0.25) is 6.79 Å². The molecule has 1 amide bonds. The number of anilines is 1. The highest BCUT2D eigenvalue weighted by Gasteiger charge is 2.22. The summed E-state index contributed by atoms with van der Waals surface area (Å²) < 4.78 is 10.5. The third kappa shape index (κ3) is 2.89. The van der Waals surface area contributed by atoms with Crippen LogP contribution in [0.25, 0.3) is 11.1 Å². The monoisotopic (exact) mass is 367 g/mol. The van der Waals surface area contributed by atoms with Crippen molar-refractivity contribution in [3.05, 3.63) is 65.0 Å². The maximum Gasteiger partial charge on any atom is 0.339 e. The molecule has 3 aromatic rings.